The number of likely N-dealkylation sites (N-methyl/N-ethyl adjacent to an activating group) is 1. The molecule has 3 heterocycles. The molecule has 2 saturated heterocycles. The minimum absolute atomic E-state index is 0.0330. The topological polar surface area (TPSA) is 147 Å². The molecule has 3 atom stereocenters. The van der Waals surface area contributed by atoms with Crippen molar-refractivity contribution in [1.29, 1.82) is 0 Å². The maximum absolute atomic E-state index is 12.2. The number of hydrogen-bond donors (Lipinski definition) is 3. The van der Waals surface area contributed by atoms with E-state index in [9.17, 15) is 9.59 Å². The van der Waals surface area contributed by atoms with Crippen molar-refractivity contribution in [1.82, 2.24) is 31.1 Å². The van der Waals surface area contributed by atoms with Crippen LogP contribution in [0.1, 0.15) is 83.5 Å². The molecule has 0 radical (unpaired) electrons. The van der Waals surface area contributed by atoms with Crippen LogP contribution in [0, 0.1) is 5.41 Å². The van der Waals surface area contributed by atoms with Crippen LogP contribution >= 0.6 is 11.8 Å². The number of carbonyl (C=O) groups excluding carboxylic acids is 2. The number of quaternary nitrogens is 1. The van der Waals surface area contributed by atoms with Crippen molar-refractivity contribution in [3.05, 3.63) is 71.5 Å². The maximum Gasteiger partial charge on any atom is 0.315 e. The lowest BCUT2D eigenvalue weighted by molar-refractivity contribution is -0.904. The third-order valence-corrected chi connectivity index (χ3v) is 12.0. The maximum atomic E-state index is 12.2. The summed E-state index contributed by atoms with van der Waals surface area (Å²) in [5.41, 5.74) is 3.55. The molecule has 1 aromatic heterocycles. The second kappa shape index (κ2) is 22.1. The highest BCUT2D eigenvalue weighted by Gasteiger charge is 2.42. The number of amides is 3. The molecule has 5 rings (SSSR count). The Morgan fingerprint density at radius 2 is 1.61 bits per heavy atom. The van der Waals surface area contributed by atoms with Crippen molar-refractivity contribution in [2.75, 3.05) is 72.6 Å². The number of fused-ring (bicyclic) bond motifs is 1. The fraction of sp³-hybridized carbons (Fsp3) is 0.636. The van der Waals surface area contributed by atoms with Crippen LogP contribution in [0.2, 0.25) is 0 Å². The van der Waals surface area contributed by atoms with Gasteiger partial charge in [-0.25, -0.2) is 4.79 Å². The molecule has 14 nitrogen and oxygen atoms in total. The van der Waals surface area contributed by atoms with Crippen molar-refractivity contribution in [2.24, 2.45) is 5.41 Å². The number of rotatable bonds is 26. The summed E-state index contributed by atoms with van der Waals surface area (Å²) in [4.78, 5) is 30.9. The van der Waals surface area contributed by atoms with Crippen LogP contribution in [0.15, 0.2) is 54.7 Å². The summed E-state index contributed by atoms with van der Waals surface area (Å²) in [5.74, 6) is 2.51. The van der Waals surface area contributed by atoms with Crippen molar-refractivity contribution in [3.63, 3.8) is 0 Å². The molecular weight excluding hydrogens is 771 g/mol. The Hall–Kier alpha value is -3.89. The van der Waals surface area contributed by atoms with Gasteiger partial charge in [-0.1, -0.05) is 58.0 Å². The molecule has 2 aromatic carbocycles. The Kier molecular flexibility index (Phi) is 17.3. The van der Waals surface area contributed by atoms with Gasteiger partial charge in [0.15, 0.2) is 5.75 Å². The minimum Gasteiger partial charge on any atom is -0.491 e. The van der Waals surface area contributed by atoms with Crippen molar-refractivity contribution in [3.8, 4) is 11.5 Å². The van der Waals surface area contributed by atoms with E-state index in [1.165, 1.54) is 16.0 Å². The van der Waals surface area contributed by atoms with Gasteiger partial charge in [0.1, 0.15) is 31.1 Å². The van der Waals surface area contributed by atoms with Crippen LogP contribution in [0.25, 0.3) is 0 Å². The second-order valence-corrected chi connectivity index (χ2v) is 19.4. The van der Waals surface area contributed by atoms with Crippen LogP contribution in [0.3, 0.4) is 0 Å². The van der Waals surface area contributed by atoms with E-state index in [-0.39, 0.29) is 41.5 Å². The van der Waals surface area contributed by atoms with E-state index in [0.717, 1.165) is 54.8 Å². The highest BCUT2D eigenvalue weighted by molar-refractivity contribution is 8.00. The molecule has 0 spiro atoms. The molecule has 2 aliphatic heterocycles. The molecule has 3 N–H and O–H groups in total. The SMILES string of the molecule is CC(C)(C)CC(C)(C)c1ccc(OCCOCC[N+](C)(C)Cc2ccc(On3cc(COCCOCCNC(=O)CCCC[C@H]4SC[C@H]5NC(=O)N[C@H]54)nn3)cc2)cc1. The first-order valence-corrected chi connectivity index (χ1v) is 22.1. The predicted molar refractivity (Wildman–Crippen MR) is 230 cm³/mol. The number of urea groups is 1. The Morgan fingerprint density at radius 1 is 0.898 bits per heavy atom. The Labute approximate surface area is 355 Å². The van der Waals surface area contributed by atoms with Gasteiger partial charge >= 0.3 is 6.03 Å². The number of nitrogens with one attached hydrogen (secondary N) is 3. The second-order valence-electron chi connectivity index (χ2n) is 18.2. The fourth-order valence-corrected chi connectivity index (χ4v) is 9.36. The van der Waals surface area contributed by atoms with Gasteiger partial charge in [0, 0.05) is 29.5 Å². The van der Waals surface area contributed by atoms with E-state index < -0.39 is 0 Å². The normalized spacial score (nSPS) is 18.0. The lowest BCUT2D eigenvalue weighted by Gasteiger charge is -2.33. The first-order chi connectivity index (χ1) is 28.1. The van der Waals surface area contributed by atoms with E-state index in [0.29, 0.717) is 69.3 Å². The van der Waals surface area contributed by atoms with Crippen molar-refractivity contribution >= 4 is 23.7 Å². The monoisotopic (exact) mass is 838 g/mol. The molecule has 0 unspecified atom stereocenters. The largest absolute Gasteiger partial charge is 0.491 e. The summed E-state index contributed by atoms with van der Waals surface area (Å²) < 4.78 is 23.9. The summed E-state index contributed by atoms with van der Waals surface area (Å²) in [7, 11) is 4.40. The predicted octanol–water partition coefficient (Wildman–Crippen LogP) is 5.88. The van der Waals surface area contributed by atoms with Crippen LogP contribution in [0.4, 0.5) is 4.79 Å². The molecule has 59 heavy (non-hydrogen) atoms. The van der Waals surface area contributed by atoms with E-state index in [2.05, 4.69) is 111 Å². The van der Waals surface area contributed by atoms with Gasteiger partial charge in [0.25, 0.3) is 0 Å². The van der Waals surface area contributed by atoms with Gasteiger partial charge in [-0.05, 0) is 77.3 Å². The molecule has 326 valence electrons. The number of thioether (sulfide) groups is 1. The summed E-state index contributed by atoms with van der Waals surface area (Å²) >= 11 is 1.90. The number of carbonyl (C=O) groups is 2. The number of benzene rings is 2. The lowest BCUT2D eigenvalue weighted by atomic mass is 9.72. The van der Waals surface area contributed by atoms with Gasteiger partial charge in [0.2, 0.25) is 5.91 Å². The molecule has 3 aromatic rings. The van der Waals surface area contributed by atoms with Gasteiger partial charge in [-0.15, -0.1) is 5.10 Å². The van der Waals surface area contributed by atoms with Crippen molar-refractivity contribution < 1.29 is 37.9 Å². The standard InChI is InChI=1S/C44H67N7O7S/c1-43(2,3)32-44(4,5)34-14-18-36(19-15-34)57-27-26-55-23-21-51(6,7)29-33-12-16-37(17-13-33)58-50-28-35(48-49-50)30-56-25-24-54-22-20-45-40(52)11-9-8-10-39-41-38(31-59-39)46-42(53)47-41/h12-19,28,38-39,41H,8-11,20-27,29-32H2,1-7H3,(H2-,45,46,47,52,53)/p+1/t38-,39-,41-/m1/s1. The Balaban J connectivity index is 0.857. The summed E-state index contributed by atoms with van der Waals surface area (Å²) in [6, 6.07) is 16.9. The molecular formula is C44H68N7O7S+. The van der Waals surface area contributed by atoms with Crippen LogP contribution in [-0.4, -0.2) is 121 Å². The van der Waals surface area contributed by atoms with Crippen LogP contribution in [0.5, 0.6) is 11.5 Å². The van der Waals surface area contributed by atoms with E-state index >= 15 is 0 Å². The number of unbranched alkanes of at least 4 members (excludes halogenated alkanes) is 1. The Bertz CT molecular complexity index is 1730. The molecule has 2 fully saturated rings. The summed E-state index contributed by atoms with van der Waals surface area (Å²) in [5, 5.41) is 17.5. The Morgan fingerprint density at radius 3 is 2.37 bits per heavy atom. The quantitative estimate of drug-likeness (QED) is 0.0509. The number of ether oxygens (including phenoxy) is 4. The third-order valence-electron chi connectivity index (χ3n) is 10.5. The summed E-state index contributed by atoms with van der Waals surface area (Å²) in [6.07, 6.45) is 6.10. The van der Waals surface area contributed by atoms with E-state index in [1.54, 1.807) is 6.20 Å². The van der Waals surface area contributed by atoms with Gasteiger partial charge in [-0.2, -0.15) is 11.8 Å². The summed E-state index contributed by atoms with van der Waals surface area (Å²) in [6.45, 7) is 16.9. The molecule has 15 heteroatoms. The first-order valence-electron chi connectivity index (χ1n) is 21.1. The minimum atomic E-state index is -0.0625. The average Bonchev–Trinajstić information content (AvgIpc) is 3.88. The van der Waals surface area contributed by atoms with Crippen LogP contribution < -0.4 is 25.5 Å². The van der Waals surface area contributed by atoms with E-state index in [4.69, 9.17) is 23.8 Å². The smallest absolute Gasteiger partial charge is 0.315 e. The van der Waals surface area contributed by atoms with Gasteiger partial charge in [-0.3, -0.25) is 4.79 Å². The van der Waals surface area contributed by atoms with Crippen molar-refractivity contribution in [2.45, 2.75) is 103 Å². The molecule has 2 aliphatic rings. The fourth-order valence-electron chi connectivity index (χ4n) is 7.81. The molecule has 0 aliphatic carbocycles. The number of aromatic nitrogens is 3. The number of nitrogens with zero attached hydrogens (tertiary/aromatic N) is 4. The zero-order valence-electron chi connectivity index (χ0n) is 36.3. The average molecular weight is 839 g/mol. The van der Waals surface area contributed by atoms with Gasteiger partial charge in [0.05, 0.1) is 72.0 Å². The zero-order chi connectivity index (χ0) is 42.3. The van der Waals surface area contributed by atoms with Gasteiger partial charge < -0.3 is 44.2 Å². The third kappa shape index (κ3) is 16.2. The number of hydrogen-bond acceptors (Lipinski definition) is 10. The van der Waals surface area contributed by atoms with Crippen LogP contribution in [-0.2, 0) is 37.6 Å². The van der Waals surface area contributed by atoms with E-state index in [1.807, 2.05) is 23.9 Å². The zero-order valence-corrected chi connectivity index (χ0v) is 37.1. The first kappa shape index (κ1) is 46.2. The highest BCUT2D eigenvalue weighted by Crippen LogP contribution is 2.37. The molecule has 0 saturated carbocycles. The lowest BCUT2D eigenvalue weighted by Crippen LogP contribution is -2.41. The highest BCUT2D eigenvalue weighted by atomic mass is 32.2. The molecule has 3 amide bonds. The molecule has 0 bridgehead atoms.